The number of hydrogen-bond donors (Lipinski definition) is 0. The average Bonchev–Trinajstić information content (AvgIpc) is 2.49. The molecule has 1 aromatic carbocycles. The molecule has 2 rings (SSSR count). The van der Waals surface area contributed by atoms with Gasteiger partial charge >= 0.3 is 0 Å². The number of ether oxygens (including phenoxy) is 2. The Bertz CT molecular complexity index is 469. The Hall–Kier alpha value is -1.90. The summed E-state index contributed by atoms with van der Waals surface area (Å²) in [7, 11) is 1.50. The molecule has 5 nitrogen and oxygen atoms in total. The summed E-state index contributed by atoms with van der Waals surface area (Å²) in [6.07, 6.45) is -0.671. The fourth-order valence-electron chi connectivity index (χ4n) is 2.13. The van der Waals surface area contributed by atoms with Crippen LogP contribution in [0.4, 0.5) is 0 Å². The lowest BCUT2D eigenvalue weighted by Crippen LogP contribution is -2.49. The Balaban J connectivity index is 2.19. The van der Waals surface area contributed by atoms with E-state index >= 15 is 0 Å². The van der Waals surface area contributed by atoms with Crippen LogP contribution in [0.15, 0.2) is 30.3 Å². The Labute approximate surface area is 112 Å². The van der Waals surface area contributed by atoms with Crippen LogP contribution in [0.3, 0.4) is 0 Å². The molecule has 0 aromatic heterocycles. The monoisotopic (exact) mass is 260 g/mol. The summed E-state index contributed by atoms with van der Waals surface area (Å²) in [4.78, 5) is 14.0. The van der Waals surface area contributed by atoms with Gasteiger partial charge in [0.2, 0.25) is 0 Å². The van der Waals surface area contributed by atoms with Crippen LogP contribution < -0.4 is 0 Å². The number of rotatable bonds is 3. The largest absolute Gasteiger partial charge is 0.376 e. The quantitative estimate of drug-likeness (QED) is 0.817. The van der Waals surface area contributed by atoms with Gasteiger partial charge in [-0.25, -0.2) is 0 Å². The highest BCUT2D eigenvalue weighted by molar-refractivity contribution is 5.83. The molecule has 1 aliphatic rings. The van der Waals surface area contributed by atoms with Crippen LogP contribution in [0, 0.1) is 11.3 Å². The molecule has 100 valence electrons. The Kier molecular flexibility index (Phi) is 4.50. The highest BCUT2D eigenvalue weighted by atomic mass is 16.5. The van der Waals surface area contributed by atoms with E-state index in [1.54, 1.807) is 0 Å². The summed E-state index contributed by atoms with van der Waals surface area (Å²) in [6, 6.07) is 10.8. The molecule has 1 aliphatic heterocycles. The minimum absolute atomic E-state index is 0.191. The third-order valence-corrected chi connectivity index (χ3v) is 3.12. The Morgan fingerprint density at radius 3 is 2.89 bits per heavy atom. The van der Waals surface area contributed by atoms with Crippen LogP contribution in [-0.4, -0.2) is 43.7 Å². The smallest absolute Gasteiger partial charge is 0.257 e. The predicted molar refractivity (Wildman–Crippen MR) is 68.1 cm³/mol. The average molecular weight is 260 g/mol. The third kappa shape index (κ3) is 2.92. The van der Waals surface area contributed by atoms with Gasteiger partial charge in [-0.3, -0.25) is 4.79 Å². The van der Waals surface area contributed by atoms with Gasteiger partial charge in [0.1, 0.15) is 6.04 Å². The highest BCUT2D eigenvalue weighted by Crippen LogP contribution is 2.21. The number of methoxy groups -OCH3 is 1. The van der Waals surface area contributed by atoms with Crippen molar-refractivity contribution >= 4 is 5.91 Å². The Morgan fingerprint density at radius 1 is 1.53 bits per heavy atom. The van der Waals surface area contributed by atoms with Crippen molar-refractivity contribution in [2.24, 2.45) is 0 Å². The normalized spacial score (nSPS) is 20.6. The number of nitriles is 1. The zero-order valence-corrected chi connectivity index (χ0v) is 10.8. The van der Waals surface area contributed by atoms with Crippen LogP contribution in [0.5, 0.6) is 0 Å². The van der Waals surface area contributed by atoms with Crippen LogP contribution in [-0.2, 0) is 14.3 Å². The van der Waals surface area contributed by atoms with E-state index in [0.29, 0.717) is 13.2 Å². The van der Waals surface area contributed by atoms with Crippen molar-refractivity contribution in [3.05, 3.63) is 35.9 Å². The molecule has 0 N–H and O–H groups in total. The standard InChI is InChI=1S/C14H16N2O3/c1-18-13(11-5-3-2-4-6-11)14(17)16-7-8-19-10-12(16)9-15/h2-6,12-13H,7-8,10H2,1H3. The summed E-state index contributed by atoms with van der Waals surface area (Å²) in [6.45, 7) is 1.13. The second-order valence-corrected chi connectivity index (χ2v) is 4.28. The zero-order valence-electron chi connectivity index (χ0n) is 10.8. The van der Waals surface area contributed by atoms with Gasteiger partial charge in [0.05, 0.1) is 19.3 Å². The molecule has 0 radical (unpaired) electrons. The molecular formula is C14H16N2O3. The third-order valence-electron chi connectivity index (χ3n) is 3.12. The molecule has 1 amide bonds. The van der Waals surface area contributed by atoms with E-state index in [4.69, 9.17) is 14.7 Å². The number of carbonyl (C=O) groups excluding carboxylic acids is 1. The molecule has 0 spiro atoms. The second-order valence-electron chi connectivity index (χ2n) is 4.28. The second kappa shape index (κ2) is 6.32. The zero-order chi connectivity index (χ0) is 13.7. The molecule has 1 saturated heterocycles. The predicted octanol–water partition coefficient (Wildman–Crippen LogP) is 1.13. The maximum Gasteiger partial charge on any atom is 0.257 e. The van der Waals surface area contributed by atoms with Crippen LogP contribution in [0.25, 0.3) is 0 Å². The molecule has 1 fully saturated rings. The van der Waals surface area contributed by atoms with E-state index in [1.807, 2.05) is 30.3 Å². The number of amides is 1. The lowest BCUT2D eigenvalue weighted by Gasteiger charge is -2.33. The number of nitrogens with zero attached hydrogens (tertiary/aromatic N) is 2. The molecule has 0 aliphatic carbocycles. The summed E-state index contributed by atoms with van der Waals surface area (Å²) in [5, 5.41) is 9.07. The topological polar surface area (TPSA) is 62.6 Å². The maximum absolute atomic E-state index is 12.5. The van der Waals surface area contributed by atoms with Crippen LogP contribution in [0.2, 0.25) is 0 Å². The van der Waals surface area contributed by atoms with Crippen LogP contribution >= 0.6 is 0 Å². The number of benzene rings is 1. The first-order chi connectivity index (χ1) is 9.27. The molecular weight excluding hydrogens is 244 g/mol. The van der Waals surface area contributed by atoms with Crippen molar-refractivity contribution in [1.82, 2.24) is 4.90 Å². The first-order valence-electron chi connectivity index (χ1n) is 6.13. The van der Waals surface area contributed by atoms with Crippen molar-refractivity contribution < 1.29 is 14.3 Å². The van der Waals surface area contributed by atoms with Gasteiger partial charge in [0.15, 0.2) is 6.10 Å². The van der Waals surface area contributed by atoms with Gasteiger partial charge in [-0.15, -0.1) is 0 Å². The summed E-state index contributed by atoms with van der Waals surface area (Å²) >= 11 is 0. The van der Waals surface area contributed by atoms with E-state index in [1.165, 1.54) is 12.0 Å². The summed E-state index contributed by atoms with van der Waals surface area (Å²) in [5.41, 5.74) is 0.790. The Morgan fingerprint density at radius 2 is 2.26 bits per heavy atom. The van der Waals surface area contributed by atoms with Gasteiger partial charge in [-0.1, -0.05) is 30.3 Å². The van der Waals surface area contributed by atoms with Gasteiger partial charge in [0.25, 0.3) is 5.91 Å². The minimum atomic E-state index is -0.671. The van der Waals surface area contributed by atoms with Gasteiger partial charge in [-0.2, -0.15) is 5.26 Å². The molecule has 1 heterocycles. The molecule has 19 heavy (non-hydrogen) atoms. The first-order valence-corrected chi connectivity index (χ1v) is 6.13. The van der Waals surface area contributed by atoms with E-state index in [9.17, 15) is 4.79 Å². The highest BCUT2D eigenvalue weighted by Gasteiger charge is 2.32. The van der Waals surface area contributed by atoms with Crippen LogP contribution in [0.1, 0.15) is 11.7 Å². The minimum Gasteiger partial charge on any atom is -0.376 e. The number of morpholine rings is 1. The van der Waals surface area contributed by atoms with E-state index < -0.39 is 12.1 Å². The maximum atomic E-state index is 12.5. The van der Waals surface area contributed by atoms with E-state index in [-0.39, 0.29) is 12.5 Å². The fraction of sp³-hybridized carbons (Fsp3) is 0.429. The molecule has 0 bridgehead atoms. The van der Waals surface area contributed by atoms with E-state index in [0.717, 1.165) is 5.56 Å². The lowest BCUT2D eigenvalue weighted by atomic mass is 10.1. The van der Waals surface area contributed by atoms with E-state index in [2.05, 4.69) is 6.07 Å². The summed E-state index contributed by atoms with van der Waals surface area (Å²) in [5.74, 6) is -0.191. The van der Waals surface area contributed by atoms with Crippen molar-refractivity contribution in [3.63, 3.8) is 0 Å². The van der Waals surface area contributed by atoms with Crippen molar-refractivity contribution in [1.29, 1.82) is 5.26 Å². The van der Waals surface area contributed by atoms with Crippen molar-refractivity contribution in [3.8, 4) is 6.07 Å². The summed E-state index contributed by atoms with van der Waals surface area (Å²) < 4.78 is 10.5. The number of carbonyl (C=O) groups is 1. The fourth-order valence-corrected chi connectivity index (χ4v) is 2.13. The number of hydrogen-bond acceptors (Lipinski definition) is 4. The molecule has 1 aromatic rings. The van der Waals surface area contributed by atoms with Gasteiger partial charge in [0, 0.05) is 13.7 Å². The SMILES string of the molecule is COC(C(=O)N1CCOCC1C#N)c1ccccc1. The van der Waals surface area contributed by atoms with Crippen molar-refractivity contribution in [2.45, 2.75) is 12.1 Å². The lowest BCUT2D eigenvalue weighted by molar-refractivity contribution is -0.149. The molecule has 2 atom stereocenters. The molecule has 2 unspecified atom stereocenters. The van der Waals surface area contributed by atoms with Gasteiger partial charge in [-0.05, 0) is 5.56 Å². The van der Waals surface area contributed by atoms with Crippen molar-refractivity contribution in [2.75, 3.05) is 26.9 Å². The molecule has 5 heteroatoms. The first kappa shape index (κ1) is 13.5. The molecule has 0 saturated carbocycles. The van der Waals surface area contributed by atoms with Gasteiger partial charge < -0.3 is 14.4 Å².